The molecule has 0 aliphatic carbocycles. The number of esters is 1. The number of halogens is 2. The van der Waals surface area contributed by atoms with Crippen molar-refractivity contribution in [3.63, 3.8) is 0 Å². The van der Waals surface area contributed by atoms with E-state index in [1.54, 1.807) is 56.3 Å². The summed E-state index contributed by atoms with van der Waals surface area (Å²) in [5, 5.41) is 5.61. The number of hydrogen-bond donors (Lipinski definition) is 1. The second-order valence-corrected chi connectivity index (χ2v) is 7.38. The van der Waals surface area contributed by atoms with Crippen molar-refractivity contribution < 1.29 is 9.53 Å². The SMILES string of the molecule is CC(C)OC(=O)c1c(-c2ccc(Cl)cc2Cl)nn2c(=O)c3ccccc3[nH]c12. The van der Waals surface area contributed by atoms with Gasteiger partial charge in [-0.25, -0.2) is 4.79 Å². The van der Waals surface area contributed by atoms with Crippen LogP contribution in [0.15, 0.2) is 47.3 Å². The van der Waals surface area contributed by atoms with Gasteiger partial charge in [0.05, 0.1) is 22.0 Å². The first-order valence-electron chi connectivity index (χ1n) is 8.57. The third kappa shape index (κ3) is 3.04. The number of H-pyrrole nitrogens is 1. The van der Waals surface area contributed by atoms with Crippen molar-refractivity contribution >= 4 is 45.7 Å². The van der Waals surface area contributed by atoms with Crippen LogP contribution >= 0.6 is 23.2 Å². The normalized spacial score (nSPS) is 11.5. The average Bonchev–Trinajstić information content (AvgIpc) is 3.01. The van der Waals surface area contributed by atoms with Crippen LogP contribution < -0.4 is 5.56 Å². The number of fused-ring (bicyclic) bond motifs is 2. The zero-order valence-electron chi connectivity index (χ0n) is 15.0. The predicted molar refractivity (Wildman–Crippen MR) is 109 cm³/mol. The van der Waals surface area contributed by atoms with Gasteiger partial charge in [-0.2, -0.15) is 9.61 Å². The number of carbonyl (C=O) groups excluding carboxylic acids is 1. The quantitative estimate of drug-likeness (QED) is 0.491. The van der Waals surface area contributed by atoms with Crippen LogP contribution in [0.5, 0.6) is 0 Å². The van der Waals surface area contributed by atoms with Crippen LogP contribution in [0.3, 0.4) is 0 Å². The van der Waals surface area contributed by atoms with Crippen molar-refractivity contribution in [2.45, 2.75) is 20.0 Å². The Morgan fingerprint density at radius 2 is 1.93 bits per heavy atom. The number of hydrogen-bond acceptors (Lipinski definition) is 4. The molecule has 8 heteroatoms. The molecule has 28 heavy (non-hydrogen) atoms. The summed E-state index contributed by atoms with van der Waals surface area (Å²) in [4.78, 5) is 29.0. The van der Waals surface area contributed by atoms with E-state index in [4.69, 9.17) is 27.9 Å². The van der Waals surface area contributed by atoms with Gasteiger partial charge in [-0.15, -0.1) is 0 Å². The number of para-hydroxylation sites is 1. The first-order chi connectivity index (χ1) is 13.4. The van der Waals surface area contributed by atoms with E-state index in [1.165, 1.54) is 4.52 Å². The minimum atomic E-state index is -0.600. The van der Waals surface area contributed by atoms with Gasteiger partial charge in [0.25, 0.3) is 5.56 Å². The fourth-order valence-corrected chi connectivity index (χ4v) is 3.54. The average molecular weight is 416 g/mol. The lowest BCUT2D eigenvalue weighted by Crippen LogP contribution is -2.17. The molecular weight excluding hydrogens is 401 g/mol. The Bertz CT molecular complexity index is 1290. The summed E-state index contributed by atoms with van der Waals surface area (Å²) in [6.45, 7) is 3.49. The molecule has 0 atom stereocenters. The van der Waals surface area contributed by atoms with Crippen LogP contribution in [0.1, 0.15) is 24.2 Å². The summed E-state index contributed by atoms with van der Waals surface area (Å²) in [7, 11) is 0. The van der Waals surface area contributed by atoms with E-state index in [0.717, 1.165) is 0 Å². The van der Waals surface area contributed by atoms with Gasteiger partial charge in [0.15, 0.2) is 5.65 Å². The Hall–Kier alpha value is -2.83. The van der Waals surface area contributed by atoms with Gasteiger partial charge in [0.1, 0.15) is 11.3 Å². The molecular formula is C20H15Cl2N3O3. The first-order valence-corrected chi connectivity index (χ1v) is 9.32. The fourth-order valence-electron chi connectivity index (χ4n) is 3.04. The smallest absolute Gasteiger partial charge is 0.344 e. The van der Waals surface area contributed by atoms with E-state index in [9.17, 15) is 9.59 Å². The zero-order chi connectivity index (χ0) is 20.0. The third-order valence-electron chi connectivity index (χ3n) is 4.22. The van der Waals surface area contributed by atoms with E-state index in [1.807, 2.05) is 0 Å². The molecule has 0 fully saturated rings. The second-order valence-electron chi connectivity index (χ2n) is 6.54. The molecule has 2 aromatic carbocycles. The van der Waals surface area contributed by atoms with Gasteiger partial charge < -0.3 is 9.72 Å². The Morgan fingerprint density at radius 1 is 1.18 bits per heavy atom. The molecule has 4 rings (SSSR count). The lowest BCUT2D eigenvalue weighted by molar-refractivity contribution is 0.0381. The molecule has 4 aromatic rings. The standard InChI is InChI=1S/C20H15Cl2N3O3/c1-10(2)28-20(27)16-17(12-8-7-11(21)9-14(12)22)24-25-18(16)23-15-6-4-3-5-13(15)19(25)26/h3-10,23H,1-2H3. The van der Waals surface area contributed by atoms with E-state index in [-0.39, 0.29) is 28.6 Å². The lowest BCUT2D eigenvalue weighted by atomic mass is 10.1. The van der Waals surface area contributed by atoms with E-state index < -0.39 is 5.97 Å². The Morgan fingerprint density at radius 3 is 2.64 bits per heavy atom. The largest absolute Gasteiger partial charge is 0.459 e. The molecule has 2 heterocycles. The van der Waals surface area contributed by atoms with Gasteiger partial charge in [-0.3, -0.25) is 4.79 Å². The van der Waals surface area contributed by atoms with Crippen molar-refractivity contribution in [1.29, 1.82) is 0 Å². The molecule has 0 amide bonds. The first kappa shape index (κ1) is 18.5. The Labute approximate surface area is 169 Å². The summed E-state index contributed by atoms with van der Waals surface area (Å²) in [5.74, 6) is -0.600. The molecule has 1 N–H and O–H groups in total. The molecule has 0 bridgehead atoms. The Kier molecular flexibility index (Phi) is 4.61. The van der Waals surface area contributed by atoms with Crippen LogP contribution in [-0.2, 0) is 4.74 Å². The fraction of sp³-hybridized carbons (Fsp3) is 0.150. The minimum absolute atomic E-state index is 0.140. The number of benzene rings is 2. The highest BCUT2D eigenvalue weighted by Gasteiger charge is 2.26. The summed E-state index contributed by atoms with van der Waals surface area (Å²) in [6, 6.07) is 11.9. The number of nitrogens with zero attached hydrogens (tertiary/aromatic N) is 2. The van der Waals surface area contributed by atoms with Crippen LogP contribution in [0.4, 0.5) is 0 Å². The maximum absolute atomic E-state index is 12.9. The number of carbonyl (C=O) groups is 1. The summed E-state index contributed by atoms with van der Waals surface area (Å²) in [6.07, 6.45) is -0.344. The number of aromatic nitrogens is 3. The molecule has 0 saturated carbocycles. The van der Waals surface area contributed by atoms with Crippen LogP contribution in [-0.4, -0.2) is 26.7 Å². The monoisotopic (exact) mass is 415 g/mol. The molecule has 0 saturated heterocycles. The van der Waals surface area contributed by atoms with Crippen molar-refractivity contribution in [2.75, 3.05) is 0 Å². The van der Waals surface area contributed by atoms with E-state index in [2.05, 4.69) is 10.1 Å². The molecule has 0 unspecified atom stereocenters. The van der Waals surface area contributed by atoms with Gasteiger partial charge in [-0.1, -0.05) is 35.3 Å². The maximum atomic E-state index is 12.9. The molecule has 6 nitrogen and oxygen atoms in total. The molecule has 0 aliphatic rings. The summed E-state index contributed by atoms with van der Waals surface area (Å²) in [5.41, 5.74) is 1.35. The number of ether oxygens (including phenoxy) is 1. The maximum Gasteiger partial charge on any atom is 0.344 e. The minimum Gasteiger partial charge on any atom is -0.459 e. The zero-order valence-corrected chi connectivity index (χ0v) is 16.5. The molecule has 142 valence electrons. The highest BCUT2D eigenvalue weighted by molar-refractivity contribution is 6.36. The highest BCUT2D eigenvalue weighted by atomic mass is 35.5. The highest BCUT2D eigenvalue weighted by Crippen LogP contribution is 2.33. The molecule has 2 aromatic heterocycles. The Balaban J connectivity index is 2.11. The van der Waals surface area contributed by atoms with Crippen LogP contribution in [0.2, 0.25) is 10.0 Å². The third-order valence-corrected chi connectivity index (χ3v) is 4.77. The molecule has 0 radical (unpaired) electrons. The summed E-state index contributed by atoms with van der Waals surface area (Å²) >= 11 is 12.3. The van der Waals surface area contributed by atoms with Gasteiger partial charge in [-0.05, 0) is 44.2 Å². The van der Waals surface area contributed by atoms with Crippen LogP contribution in [0.25, 0.3) is 27.8 Å². The lowest BCUT2D eigenvalue weighted by Gasteiger charge is -2.09. The number of aromatic amines is 1. The van der Waals surface area contributed by atoms with Gasteiger partial charge in [0, 0.05) is 10.6 Å². The van der Waals surface area contributed by atoms with Crippen molar-refractivity contribution in [2.24, 2.45) is 0 Å². The van der Waals surface area contributed by atoms with Crippen molar-refractivity contribution in [1.82, 2.24) is 14.6 Å². The topological polar surface area (TPSA) is 76.5 Å². The van der Waals surface area contributed by atoms with Crippen LogP contribution in [0, 0.1) is 0 Å². The van der Waals surface area contributed by atoms with E-state index >= 15 is 0 Å². The van der Waals surface area contributed by atoms with Gasteiger partial charge in [0.2, 0.25) is 0 Å². The number of nitrogens with one attached hydrogen (secondary N) is 1. The van der Waals surface area contributed by atoms with Crippen molar-refractivity contribution in [3.8, 4) is 11.3 Å². The predicted octanol–water partition coefficient (Wildman–Crippen LogP) is 4.71. The molecule has 0 aliphatic heterocycles. The summed E-state index contributed by atoms with van der Waals surface area (Å²) < 4.78 is 6.56. The molecule has 0 spiro atoms. The second kappa shape index (κ2) is 6.96. The van der Waals surface area contributed by atoms with Crippen molar-refractivity contribution in [3.05, 3.63) is 68.4 Å². The van der Waals surface area contributed by atoms with E-state index in [0.29, 0.717) is 26.5 Å². The number of rotatable bonds is 3. The van der Waals surface area contributed by atoms with Gasteiger partial charge >= 0.3 is 5.97 Å².